The average Bonchev–Trinajstić information content (AvgIpc) is 3.26. The zero-order valence-corrected chi connectivity index (χ0v) is 15.5. The van der Waals surface area contributed by atoms with Crippen molar-refractivity contribution in [2.45, 2.75) is 18.9 Å². The Labute approximate surface area is 151 Å². The summed E-state index contributed by atoms with van der Waals surface area (Å²) in [6.07, 6.45) is 3.68. The molecule has 0 unspecified atom stereocenters. The average molecular weight is 353 g/mol. The van der Waals surface area contributed by atoms with Gasteiger partial charge in [-0.2, -0.15) is 5.10 Å². The van der Waals surface area contributed by atoms with E-state index in [1.807, 2.05) is 37.8 Å². The highest BCUT2D eigenvalue weighted by Gasteiger charge is 2.35. The van der Waals surface area contributed by atoms with Crippen LogP contribution in [0.4, 0.5) is 0 Å². The molecule has 0 radical (unpaired) electrons. The molecule has 4 rings (SSSR count). The number of likely N-dealkylation sites (N-methyl/N-ethyl adjacent to an activating group) is 1. The number of rotatable bonds is 3. The normalized spacial score (nSPS) is 20.8. The van der Waals surface area contributed by atoms with Crippen LogP contribution in [0.3, 0.4) is 0 Å². The van der Waals surface area contributed by atoms with Crippen LogP contribution in [0.5, 0.6) is 0 Å². The molecule has 0 saturated carbocycles. The largest absolute Gasteiger partial charge is 0.346 e. The van der Waals surface area contributed by atoms with Gasteiger partial charge in [0, 0.05) is 50.4 Å². The Morgan fingerprint density at radius 2 is 2.04 bits per heavy atom. The van der Waals surface area contributed by atoms with E-state index in [4.69, 9.17) is 0 Å². The highest BCUT2D eigenvalue weighted by Crippen LogP contribution is 2.26. The van der Waals surface area contributed by atoms with Gasteiger partial charge >= 0.3 is 0 Å². The molecular formula is C18H23N7O. The molecule has 1 aliphatic rings. The third-order valence-corrected chi connectivity index (χ3v) is 5.16. The molecule has 26 heavy (non-hydrogen) atoms. The van der Waals surface area contributed by atoms with Crippen LogP contribution < -0.4 is 5.32 Å². The van der Waals surface area contributed by atoms with Gasteiger partial charge in [-0.15, -0.1) is 0 Å². The molecule has 0 aliphatic carbocycles. The number of nitrogens with zero attached hydrogens (tertiary/aromatic N) is 6. The van der Waals surface area contributed by atoms with Crippen LogP contribution in [0.2, 0.25) is 0 Å². The maximum atomic E-state index is 12.8. The Bertz CT molecular complexity index is 973. The fourth-order valence-electron chi connectivity index (χ4n) is 3.84. The molecule has 136 valence electrons. The summed E-state index contributed by atoms with van der Waals surface area (Å²) < 4.78 is 3.73. The number of hydrogen-bond donors (Lipinski definition) is 1. The van der Waals surface area contributed by atoms with Gasteiger partial charge in [0.15, 0.2) is 5.65 Å². The highest BCUT2D eigenvalue weighted by molar-refractivity contribution is 5.95. The summed E-state index contributed by atoms with van der Waals surface area (Å²) in [5, 5.41) is 8.50. The van der Waals surface area contributed by atoms with Crippen LogP contribution in [0.25, 0.3) is 11.0 Å². The lowest BCUT2D eigenvalue weighted by Gasteiger charge is -2.20. The van der Waals surface area contributed by atoms with E-state index < -0.39 is 0 Å². The van der Waals surface area contributed by atoms with Gasteiger partial charge in [-0.05, 0) is 26.1 Å². The molecule has 3 aromatic rings. The van der Waals surface area contributed by atoms with Crippen molar-refractivity contribution >= 4 is 16.9 Å². The summed E-state index contributed by atoms with van der Waals surface area (Å²) in [5.41, 5.74) is 3.18. The van der Waals surface area contributed by atoms with Crippen LogP contribution in [0, 0.1) is 6.92 Å². The Morgan fingerprint density at radius 1 is 1.23 bits per heavy atom. The molecule has 1 saturated heterocycles. The molecule has 0 bridgehead atoms. The van der Waals surface area contributed by atoms with Gasteiger partial charge in [0.05, 0.1) is 18.1 Å². The van der Waals surface area contributed by atoms with Gasteiger partial charge in [-0.3, -0.25) is 9.48 Å². The fourth-order valence-corrected chi connectivity index (χ4v) is 3.84. The summed E-state index contributed by atoms with van der Waals surface area (Å²) in [6, 6.07) is 3.71. The highest BCUT2D eigenvalue weighted by atomic mass is 16.2. The van der Waals surface area contributed by atoms with E-state index in [0.717, 1.165) is 35.5 Å². The van der Waals surface area contributed by atoms with Crippen molar-refractivity contribution in [2.24, 2.45) is 14.1 Å². The zero-order chi connectivity index (χ0) is 18.4. The lowest BCUT2D eigenvalue weighted by Crippen LogP contribution is -2.40. The fraction of sp³-hybridized carbons (Fsp3) is 0.444. The minimum atomic E-state index is -0.154. The molecular weight excluding hydrogens is 330 g/mol. The Kier molecular flexibility index (Phi) is 3.99. The topological polar surface area (TPSA) is 80.9 Å². The van der Waals surface area contributed by atoms with Gasteiger partial charge < -0.3 is 14.8 Å². The lowest BCUT2D eigenvalue weighted by atomic mass is 10.00. The summed E-state index contributed by atoms with van der Waals surface area (Å²) >= 11 is 0. The second-order valence-electron chi connectivity index (χ2n) is 7.11. The molecule has 1 amide bonds. The summed E-state index contributed by atoms with van der Waals surface area (Å²) in [7, 11) is 5.90. The van der Waals surface area contributed by atoms with Crippen molar-refractivity contribution < 1.29 is 4.79 Å². The van der Waals surface area contributed by atoms with Crippen LogP contribution in [-0.2, 0) is 14.1 Å². The SMILES string of the molecule is Cc1nn(C)c2nc(C(=O)N[C@@H]3CN(C)C[C@H]3c3cncn3C)ccc12. The number of imidazole rings is 1. The minimum Gasteiger partial charge on any atom is -0.346 e. The summed E-state index contributed by atoms with van der Waals surface area (Å²) in [4.78, 5) is 23.8. The number of aromatic nitrogens is 5. The van der Waals surface area contributed by atoms with Crippen molar-refractivity contribution in [3.05, 3.63) is 41.7 Å². The molecule has 1 aliphatic heterocycles. The van der Waals surface area contributed by atoms with E-state index in [2.05, 4.69) is 32.3 Å². The number of hydrogen-bond acceptors (Lipinski definition) is 5. The van der Waals surface area contributed by atoms with E-state index in [-0.39, 0.29) is 17.9 Å². The number of pyridine rings is 1. The molecule has 8 heteroatoms. The second kappa shape index (κ2) is 6.21. The number of nitrogens with one attached hydrogen (secondary N) is 1. The molecule has 2 atom stereocenters. The zero-order valence-electron chi connectivity index (χ0n) is 15.5. The van der Waals surface area contributed by atoms with E-state index in [9.17, 15) is 4.79 Å². The first-order valence-electron chi connectivity index (χ1n) is 8.70. The first kappa shape index (κ1) is 16.7. The van der Waals surface area contributed by atoms with Crippen molar-refractivity contribution in [3.8, 4) is 0 Å². The number of likely N-dealkylation sites (tertiary alicyclic amines) is 1. The quantitative estimate of drug-likeness (QED) is 0.755. The molecule has 0 spiro atoms. The maximum Gasteiger partial charge on any atom is 0.270 e. The van der Waals surface area contributed by atoms with Crippen molar-refractivity contribution in [1.29, 1.82) is 0 Å². The third kappa shape index (κ3) is 2.76. The van der Waals surface area contributed by atoms with E-state index >= 15 is 0 Å². The predicted molar refractivity (Wildman–Crippen MR) is 97.9 cm³/mol. The first-order chi connectivity index (χ1) is 12.4. The maximum absolute atomic E-state index is 12.8. The van der Waals surface area contributed by atoms with Gasteiger partial charge in [0.1, 0.15) is 5.69 Å². The molecule has 8 nitrogen and oxygen atoms in total. The summed E-state index contributed by atoms with van der Waals surface area (Å²) in [5.74, 6) is 0.0531. The summed E-state index contributed by atoms with van der Waals surface area (Å²) in [6.45, 7) is 3.63. The van der Waals surface area contributed by atoms with Crippen molar-refractivity contribution in [2.75, 3.05) is 20.1 Å². The molecule has 1 N–H and O–H groups in total. The minimum absolute atomic E-state index is 0.0219. The predicted octanol–water partition coefficient (Wildman–Crippen LogP) is 0.838. The molecule has 1 fully saturated rings. The Balaban J connectivity index is 1.59. The lowest BCUT2D eigenvalue weighted by molar-refractivity contribution is 0.0930. The Morgan fingerprint density at radius 3 is 2.77 bits per heavy atom. The first-order valence-corrected chi connectivity index (χ1v) is 8.70. The standard InChI is InChI=1S/C18H23N7O/c1-11-12-5-6-14(20-17(12)25(4)22-11)18(26)21-15-9-23(2)8-13(15)16-7-19-10-24(16)3/h5-7,10,13,15H,8-9H2,1-4H3,(H,21,26)/t13-,15-/m1/s1. The van der Waals surface area contributed by atoms with Gasteiger partial charge in [0.25, 0.3) is 5.91 Å². The number of carbonyl (C=O) groups excluding carboxylic acids is 1. The molecule has 4 heterocycles. The van der Waals surface area contributed by atoms with Gasteiger partial charge in [-0.25, -0.2) is 9.97 Å². The number of fused-ring (bicyclic) bond motifs is 1. The van der Waals surface area contributed by atoms with Crippen LogP contribution in [0.1, 0.15) is 27.8 Å². The van der Waals surface area contributed by atoms with E-state index in [1.165, 1.54) is 0 Å². The second-order valence-corrected chi connectivity index (χ2v) is 7.11. The van der Waals surface area contributed by atoms with E-state index in [1.54, 1.807) is 17.1 Å². The van der Waals surface area contributed by atoms with Gasteiger partial charge in [-0.1, -0.05) is 0 Å². The van der Waals surface area contributed by atoms with Crippen LogP contribution in [-0.4, -0.2) is 61.3 Å². The van der Waals surface area contributed by atoms with Gasteiger partial charge in [0.2, 0.25) is 0 Å². The molecule has 3 aromatic heterocycles. The van der Waals surface area contributed by atoms with Crippen LogP contribution >= 0.6 is 0 Å². The number of aryl methyl sites for hydroxylation is 3. The van der Waals surface area contributed by atoms with Crippen molar-refractivity contribution in [1.82, 2.24) is 34.5 Å². The smallest absolute Gasteiger partial charge is 0.270 e. The van der Waals surface area contributed by atoms with Crippen LogP contribution in [0.15, 0.2) is 24.7 Å². The third-order valence-electron chi connectivity index (χ3n) is 5.16. The van der Waals surface area contributed by atoms with Crippen molar-refractivity contribution in [3.63, 3.8) is 0 Å². The number of carbonyl (C=O) groups is 1. The monoisotopic (exact) mass is 353 g/mol. The molecule has 0 aromatic carbocycles. The number of amides is 1. The van der Waals surface area contributed by atoms with E-state index in [0.29, 0.717) is 5.69 Å². The Hall–Kier alpha value is -2.74.